The number of aliphatic carboxylic acids is 1. The van der Waals surface area contributed by atoms with E-state index >= 15 is 0 Å². The van der Waals surface area contributed by atoms with Crippen molar-refractivity contribution in [2.75, 3.05) is 5.32 Å². The molecule has 0 bridgehead atoms. The zero-order valence-corrected chi connectivity index (χ0v) is 13.1. The molecule has 1 amide bonds. The summed E-state index contributed by atoms with van der Waals surface area (Å²) >= 11 is 5.02. The van der Waals surface area contributed by atoms with Gasteiger partial charge in [0.25, 0.3) is 11.5 Å². The average molecular weight is 384 g/mol. The third kappa shape index (κ3) is 6.33. The average Bonchev–Trinajstić information content (AvgIpc) is 2.93. The van der Waals surface area contributed by atoms with Crippen molar-refractivity contribution in [3.05, 3.63) is 24.8 Å². The molecule has 0 spiro atoms. The molecule has 2 heterocycles. The number of carboxylic acid groups (broad SMARTS) is 1. The maximum atomic E-state index is 12.5. The Morgan fingerprint density at radius 2 is 1.96 bits per heavy atom. The van der Waals surface area contributed by atoms with E-state index in [0.717, 1.165) is 0 Å². The lowest BCUT2D eigenvalue weighted by atomic mass is 10.2. The van der Waals surface area contributed by atoms with Crippen molar-refractivity contribution in [3.8, 4) is 11.4 Å². The van der Waals surface area contributed by atoms with Gasteiger partial charge in [-0.1, -0.05) is 11.6 Å². The lowest BCUT2D eigenvalue weighted by Crippen LogP contribution is -2.21. The molecule has 1 unspecified atom stereocenters. The molecular formula is C12H10ClF4N5O3. The van der Waals surface area contributed by atoms with Gasteiger partial charge in [-0.05, 0) is 6.07 Å². The predicted octanol–water partition coefficient (Wildman–Crippen LogP) is 1.98. The first-order chi connectivity index (χ1) is 11.5. The molecule has 0 aliphatic rings. The van der Waals surface area contributed by atoms with Crippen molar-refractivity contribution < 1.29 is 32.3 Å². The predicted molar refractivity (Wildman–Crippen MR) is 77.3 cm³/mol. The van der Waals surface area contributed by atoms with Gasteiger partial charge in [0.2, 0.25) is 0 Å². The fourth-order valence-corrected chi connectivity index (χ4v) is 1.43. The molecule has 0 saturated heterocycles. The molecule has 2 N–H and O–H groups in total. The smallest absolute Gasteiger partial charge is 0.475 e. The molecule has 0 aromatic carbocycles. The van der Waals surface area contributed by atoms with Crippen LogP contribution in [0.4, 0.5) is 23.2 Å². The molecule has 2 rings (SSSR count). The normalized spacial score (nSPS) is 11.9. The topological polar surface area (TPSA) is 110 Å². The number of rotatable bonds is 3. The third-order valence-corrected chi connectivity index (χ3v) is 2.61. The Kier molecular flexibility index (Phi) is 6.79. The molecule has 136 valence electrons. The number of carbonyl (C=O) groups is 2. The Labute approximate surface area is 142 Å². The fourth-order valence-electron chi connectivity index (χ4n) is 1.37. The van der Waals surface area contributed by atoms with Crippen LogP contribution in [-0.2, 0) is 16.6 Å². The fraction of sp³-hybridized carbons (Fsp3) is 0.250. The summed E-state index contributed by atoms with van der Waals surface area (Å²) in [5, 5.41) is 17.1. The molecule has 2 aromatic rings. The SMILES string of the molecule is Cn1cnnc1-c1cncc(NC(=O)C(F)Cl)c1.O=C(O)C(F)(F)F. The van der Waals surface area contributed by atoms with Crippen LogP contribution >= 0.6 is 11.6 Å². The molecule has 0 radical (unpaired) electrons. The van der Waals surface area contributed by atoms with E-state index in [0.29, 0.717) is 17.1 Å². The Bertz CT molecular complexity index is 750. The van der Waals surface area contributed by atoms with Gasteiger partial charge in [0.1, 0.15) is 6.33 Å². The molecule has 13 heteroatoms. The molecular weight excluding hydrogens is 374 g/mol. The van der Waals surface area contributed by atoms with Crippen molar-refractivity contribution in [2.24, 2.45) is 7.05 Å². The van der Waals surface area contributed by atoms with E-state index in [4.69, 9.17) is 21.5 Å². The number of aryl methyl sites for hydroxylation is 1. The minimum absolute atomic E-state index is 0.337. The van der Waals surface area contributed by atoms with Gasteiger partial charge in [0.15, 0.2) is 5.82 Å². The van der Waals surface area contributed by atoms with Crippen molar-refractivity contribution in [1.82, 2.24) is 19.7 Å². The van der Waals surface area contributed by atoms with Crippen LogP contribution in [0.1, 0.15) is 0 Å². The van der Waals surface area contributed by atoms with Gasteiger partial charge in [-0.2, -0.15) is 13.2 Å². The molecule has 0 aliphatic carbocycles. The standard InChI is InChI=1S/C10H9ClFN5O.C2HF3O2/c1-17-5-14-16-9(17)6-2-7(4-13-3-6)15-10(18)8(11)12;3-2(4,5)1(6)7/h2-5,8H,1H3,(H,15,18);(H,6,7). The summed E-state index contributed by atoms with van der Waals surface area (Å²) in [4.78, 5) is 23.9. The molecule has 0 aliphatic heterocycles. The van der Waals surface area contributed by atoms with E-state index in [1.54, 1.807) is 23.9 Å². The Morgan fingerprint density at radius 3 is 2.40 bits per heavy atom. The van der Waals surface area contributed by atoms with Crippen molar-refractivity contribution in [3.63, 3.8) is 0 Å². The minimum atomic E-state index is -5.08. The van der Waals surface area contributed by atoms with E-state index in [1.807, 2.05) is 0 Å². The summed E-state index contributed by atoms with van der Waals surface area (Å²) < 4.78 is 46.0. The van der Waals surface area contributed by atoms with Crippen LogP contribution in [0.25, 0.3) is 11.4 Å². The van der Waals surface area contributed by atoms with Crippen LogP contribution in [0.2, 0.25) is 0 Å². The van der Waals surface area contributed by atoms with E-state index < -0.39 is 23.7 Å². The van der Waals surface area contributed by atoms with Gasteiger partial charge >= 0.3 is 12.1 Å². The number of nitrogens with zero attached hydrogens (tertiary/aromatic N) is 4. The molecule has 1 atom stereocenters. The Morgan fingerprint density at radius 1 is 1.36 bits per heavy atom. The highest BCUT2D eigenvalue weighted by Crippen LogP contribution is 2.19. The van der Waals surface area contributed by atoms with Crippen LogP contribution < -0.4 is 5.32 Å². The largest absolute Gasteiger partial charge is 0.490 e. The number of aromatic nitrogens is 4. The second-order valence-corrected chi connectivity index (χ2v) is 4.70. The van der Waals surface area contributed by atoms with Gasteiger partial charge < -0.3 is 15.0 Å². The molecule has 8 nitrogen and oxygen atoms in total. The number of carbonyl (C=O) groups excluding carboxylic acids is 1. The van der Waals surface area contributed by atoms with E-state index in [2.05, 4.69) is 20.5 Å². The summed E-state index contributed by atoms with van der Waals surface area (Å²) in [6.45, 7) is 0. The highest BCUT2D eigenvalue weighted by molar-refractivity contribution is 6.31. The third-order valence-electron chi connectivity index (χ3n) is 2.42. The second kappa shape index (κ2) is 8.37. The Balaban J connectivity index is 0.000000381. The van der Waals surface area contributed by atoms with Crippen LogP contribution in [-0.4, -0.2) is 48.5 Å². The maximum absolute atomic E-state index is 12.5. The second-order valence-electron chi connectivity index (χ2n) is 4.32. The highest BCUT2D eigenvalue weighted by Gasteiger charge is 2.38. The lowest BCUT2D eigenvalue weighted by molar-refractivity contribution is -0.192. The molecule has 0 fully saturated rings. The molecule has 25 heavy (non-hydrogen) atoms. The first kappa shape index (κ1) is 20.3. The first-order valence-corrected chi connectivity index (χ1v) is 6.64. The van der Waals surface area contributed by atoms with E-state index in [-0.39, 0.29) is 0 Å². The summed E-state index contributed by atoms with van der Waals surface area (Å²) in [6.07, 6.45) is -0.596. The van der Waals surface area contributed by atoms with Gasteiger partial charge in [-0.3, -0.25) is 9.78 Å². The number of amides is 1. The van der Waals surface area contributed by atoms with Gasteiger partial charge in [0.05, 0.1) is 11.9 Å². The zero-order chi connectivity index (χ0) is 19.2. The first-order valence-electron chi connectivity index (χ1n) is 6.21. The van der Waals surface area contributed by atoms with Crippen molar-refractivity contribution in [1.29, 1.82) is 0 Å². The number of anilines is 1. The van der Waals surface area contributed by atoms with E-state index in [1.165, 1.54) is 12.5 Å². The number of hydrogen-bond donors (Lipinski definition) is 2. The number of nitrogens with one attached hydrogen (secondary N) is 1. The highest BCUT2D eigenvalue weighted by atomic mass is 35.5. The van der Waals surface area contributed by atoms with Gasteiger partial charge in [-0.15, -0.1) is 10.2 Å². The summed E-state index contributed by atoms with van der Waals surface area (Å²) in [5.41, 5.74) is -1.11. The zero-order valence-electron chi connectivity index (χ0n) is 12.3. The van der Waals surface area contributed by atoms with E-state index in [9.17, 15) is 22.4 Å². The van der Waals surface area contributed by atoms with Crippen molar-refractivity contribution in [2.45, 2.75) is 11.8 Å². The number of carboxylic acids is 1. The summed E-state index contributed by atoms with van der Waals surface area (Å²) in [7, 11) is 1.77. The monoisotopic (exact) mass is 383 g/mol. The van der Waals surface area contributed by atoms with Crippen LogP contribution in [0.5, 0.6) is 0 Å². The van der Waals surface area contributed by atoms with Gasteiger partial charge in [0, 0.05) is 18.8 Å². The number of halogens is 5. The number of alkyl halides is 5. The van der Waals surface area contributed by atoms with Crippen LogP contribution in [0.15, 0.2) is 24.8 Å². The Hall–Kier alpha value is -2.76. The minimum Gasteiger partial charge on any atom is -0.475 e. The van der Waals surface area contributed by atoms with Crippen LogP contribution in [0, 0.1) is 0 Å². The lowest BCUT2D eigenvalue weighted by Gasteiger charge is -2.06. The summed E-state index contributed by atoms with van der Waals surface area (Å²) in [5.74, 6) is -3.11. The molecule has 2 aromatic heterocycles. The van der Waals surface area contributed by atoms with Gasteiger partial charge in [-0.25, -0.2) is 9.18 Å². The maximum Gasteiger partial charge on any atom is 0.490 e. The summed E-state index contributed by atoms with van der Waals surface area (Å²) in [6, 6.07) is 1.61. The number of pyridine rings is 1. The number of hydrogen-bond acceptors (Lipinski definition) is 5. The quantitative estimate of drug-likeness (QED) is 0.619. The van der Waals surface area contributed by atoms with Crippen LogP contribution in [0.3, 0.4) is 0 Å². The van der Waals surface area contributed by atoms with Crippen molar-refractivity contribution >= 4 is 29.2 Å². The molecule has 0 saturated carbocycles.